The number of aromatic nitrogens is 2. The van der Waals surface area contributed by atoms with Crippen LogP contribution in [0.3, 0.4) is 0 Å². The van der Waals surface area contributed by atoms with Gasteiger partial charge in [-0.1, -0.05) is 0 Å². The average Bonchev–Trinajstić information content (AvgIpc) is 2.57. The Bertz CT molecular complexity index is 547. The van der Waals surface area contributed by atoms with Crippen molar-refractivity contribution in [3.63, 3.8) is 0 Å². The van der Waals surface area contributed by atoms with Crippen LogP contribution in [0.1, 0.15) is 26.3 Å². The van der Waals surface area contributed by atoms with E-state index in [1.165, 1.54) is 12.3 Å². The summed E-state index contributed by atoms with van der Waals surface area (Å²) in [5.41, 5.74) is -0.175. The second-order valence-corrected chi connectivity index (χ2v) is 5.00. The molecule has 0 saturated carbocycles. The Balaban J connectivity index is 2.61. The lowest BCUT2D eigenvalue weighted by Crippen LogP contribution is -2.22. The van der Waals surface area contributed by atoms with E-state index in [1.807, 2.05) is 20.8 Å². The first-order valence-corrected chi connectivity index (χ1v) is 5.25. The summed E-state index contributed by atoms with van der Waals surface area (Å²) < 4.78 is 39.3. The summed E-state index contributed by atoms with van der Waals surface area (Å²) >= 11 is 0. The van der Waals surface area contributed by atoms with Gasteiger partial charge < -0.3 is 0 Å². The van der Waals surface area contributed by atoms with Gasteiger partial charge in [-0.3, -0.25) is 4.68 Å². The SMILES string of the molecule is CC(C)(C)n1ncc2cc(C(F)(F)F)ccc21. The van der Waals surface area contributed by atoms with Crippen molar-refractivity contribution < 1.29 is 13.2 Å². The van der Waals surface area contributed by atoms with E-state index in [-0.39, 0.29) is 5.54 Å². The van der Waals surface area contributed by atoms with E-state index in [0.717, 1.165) is 12.1 Å². The number of alkyl halides is 3. The quantitative estimate of drug-likeness (QED) is 0.686. The highest BCUT2D eigenvalue weighted by Gasteiger charge is 2.31. The molecule has 2 rings (SSSR count). The fraction of sp³-hybridized carbons (Fsp3) is 0.417. The maximum atomic E-state index is 12.5. The molecule has 17 heavy (non-hydrogen) atoms. The van der Waals surface area contributed by atoms with Crippen molar-refractivity contribution in [3.8, 4) is 0 Å². The van der Waals surface area contributed by atoms with Gasteiger partial charge in [-0.15, -0.1) is 0 Å². The van der Waals surface area contributed by atoms with Gasteiger partial charge in [-0.05, 0) is 39.0 Å². The fourth-order valence-electron chi connectivity index (χ4n) is 1.74. The van der Waals surface area contributed by atoms with E-state index < -0.39 is 11.7 Å². The van der Waals surface area contributed by atoms with Crippen LogP contribution in [-0.2, 0) is 11.7 Å². The van der Waals surface area contributed by atoms with Gasteiger partial charge >= 0.3 is 6.18 Å². The zero-order valence-electron chi connectivity index (χ0n) is 9.84. The molecule has 5 heteroatoms. The molecule has 0 aliphatic heterocycles. The molecule has 0 aliphatic carbocycles. The van der Waals surface area contributed by atoms with Crippen LogP contribution in [-0.4, -0.2) is 9.78 Å². The molecule has 0 amide bonds. The third-order valence-corrected chi connectivity index (χ3v) is 2.53. The lowest BCUT2D eigenvalue weighted by atomic mass is 10.1. The van der Waals surface area contributed by atoms with Crippen LogP contribution in [0.4, 0.5) is 13.2 Å². The van der Waals surface area contributed by atoms with Crippen molar-refractivity contribution in [2.24, 2.45) is 0 Å². The topological polar surface area (TPSA) is 17.8 Å². The van der Waals surface area contributed by atoms with Gasteiger partial charge in [0, 0.05) is 5.39 Å². The second kappa shape index (κ2) is 3.48. The summed E-state index contributed by atoms with van der Waals surface area (Å²) in [6, 6.07) is 3.69. The normalized spacial score (nSPS) is 13.3. The van der Waals surface area contributed by atoms with Gasteiger partial charge in [0.15, 0.2) is 0 Å². The molecule has 0 saturated heterocycles. The predicted molar refractivity (Wildman–Crippen MR) is 59.7 cm³/mol. The molecule has 92 valence electrons. The third kappa shape index (κ3) is 2.14. The number of fused-ring (bicyclic) bond motifs is 1. The molecule has 0 radical (unpaired) electrons. The predicted octanol–water partition coefficient (Wildman–Crippen LogP) is 3.81. The Morgan fingerprint density at radius 1 is 1.12 bits per heavy atom. The van der Waals surface area contributed by atoms with Gasteiger partial charge in [0.1, 0.15) is 0 Å². The van der Waals surface area contributed by atoms with Crippen molar-refractivity contribution in [1.29, 1.82) is 0 Å². The number of hydrogen-bond acceptors (Lipinski definition) is 1. The zero-order valence-corrected chi connectivity index (χ0v) is 9.84. The second-order valence-electron chi connectivity index (χ2n) is 5.00. The lowest BCUT2D eigenvalue weighted by Gasteiger charge is -2.20. The molecular formula is C12H13F3N2. The van der Waals surface area contributed by atoms with Crippen LogP contribution in [0.5, 0.6) is 0 Å². The van der Waals surface area contributed by atoms with E-state index >= 15 is 0 Å². The molecule has 2 aromatic rings. The Hall–Kier alpha value is -1.52. The Kier molecular flexibility index (Phi) is 2.45. The summed E-state index contributed by atoms with van der Waals surface area (Å²) in [6.45, 7) is 5.87. The van der Waals surface area contributed by atoms with Crippen LogP contribution in [0.15, 0.2) is 24.4 Å². The molecule has 0 fully saturated rings. The highest BCUT2D eigenvalue weighted by Crippen LogP contribution is 2.32. The summed E-state index contributed by atoms with van der Waals surface area (Å²) in [5, 5.41) is 4.65. The molecule has 1 aromatic heterocycles. The van der Waals surface area contributed by atoms with Crippen LogP contribution < -0.4 is 0 Å². The van der Waals surface area contributed by atoms with Gasteiger partial charge in [0.05, 0.1) is 22.8 Å². The molecule has 0 bridgehead atoms. The number of halogens is 3. The highest BCUT2D eigenvalue weighted by atomic mass is 19.4. The lowest BCUT2D eigenvalue weighted by molar-refractivity contribution is -0.137. The summed E-state index contributed by atoms with van der Waals surface area (Å²) in [4.78, 5) is 0. The van der Waals surface area contributed by atoms with Crippen LogP contribution >= 0.6 is 0 Å². The van der Waals surface area contributed by atoms with Crippen molar-refractivity contribution in [2.75, 3.05) is 0 Å². The first-order chi connectivity index (χ1) is 7.69. The van der Waals surface area contributed by atoms with E-state index in [9.17, 15) is 13.2 Å². The first kappa shape index (κ1) is 12.0. The van der Waals surface area contributed by atoms with Crippen LogP contribution in [0.2, 0.25) is 0 Å². The van der Waals surface area contributed by atoms with Gasteiger partial charge in [-0.25, -0.2) is 0 Å². The van der Waals surface area contributed by atoms with Crippen molar-refractivity contribution in [1.82, 2.24) is 9.78 Å². The van der Waals surface area contributed by atoms with E-state index in [0.29, 0.717) is 10.9 Å². The molecule has 0 atom stereocenters. The monoisotopic (exact) mass is 242 g/mol. The first-order valence-electron chi connectivity index (χ1n) is 5.25. The molecule has 2 nitrogen and oxygen atoms in total. The Morgan fingerprint density at radius 2 is 1.76 bits per heavy atom. The standard InChI is InChI=1S/C12H13F3N2/c1-11(2,3)17-10-5-4-9(12(13,14)15)6-8(10)7-16-17/h4-7H,1-3H3. The molecule has 0 aliphatic rings. The number of hydrogen-bond donors (Lipinski definition) is 0. The minimum absolute atomic E-state index is 0.249. The third-order valence-electron chi connectivity index (χ3n) is 2.53. The minimum Gasteiger partial charge on any atom is -0.260 e. The van der Waals surface area contributed by atoms with E-state index in [1.54, 1.807) is 4.68 Å². The number of benzene rings is 1. The molecule has 0 N–H and O–H groups in total. The molecule has 0 unspecified atom stereocenters. The Labute approximate surface area is 97.0 Å². The number of rotatable bonds is 0. The van der Waals surface area contributed by atoms with E-state index in [4.69, 9.17) is 0 Å². The summed E-state index contributed by atoms with van der Waals surface area (Å²) in [5.74, 6) is 0. The van der Waals surface area contributed by atoms with Crippen molar-refractivity contribution in [3.05, 3.63) is 30.0 Å². The van der Waals surface area contributed by atoms with Gasteiger partial charge in [0.2, 0.25) is 0 Å². The molecule has 0 spiro atoms. The van der Waals surface area contributed by atoms with Gasteiger partial charge in [-0.2, -0.15) is 18.3 Å². The van der Waals surface area contributed by atoms with Crippen molar-refractivity contribution >= 4 is 10.9 Å². The average molecular weight is 242 g/mol. The van der Waals surface area contributed by atoms with Gasteiger partial charge in [0.25, 0.3) is 0 Å². The maximum absolute atomic E-state index is 12.5. The molecule has 1 heterocycles. The molecule has 1 aromatic carbocycles. The number of nitrogens with zero attached hydrogens (tertiary/aromatic N) is 2. The van der Waals surface area contributed by atoms with E-state index in [2.05, 4.69) is 5.10 Å². The Morgan fingerprint density at radius 3 is 2.29 bits per heavy atom. The van der Waals surface area contributed by atoms with Crippen LogP contribution in [0.25, 0.3) is 10.9 Å². The largest absolute Gasteiger partial charge is 0.416 e. The summed E-state index contributed by atoms with van der Waals surface area (Å²) in [7, 11) is 0. The maximum Gasteiger partial charge on any atom is 0.416 e. The van der Waals surface area contributed by atoms with Crippen LogP contribution in [0, 0.1) is 0 Å². The smallest absolute Gasteiger partial charge is 0.260 e. The van der Waals surface area contributed by atoms with Crippen molar-refractivity contribution in [2.45, 2.75) is 32.5 Å². The fourth-order valence-corrected chi connectivity index (χ4v) is 1.74. The highest BCUT2D eigenvalue weighted by molar-refractivity contribution is 5.79. The zero-order chi connectivity index (χ0) is 12.8. The minimum atomic E-state index is -4.31. The summed E-state index contributed by atoms with van der Waals surface area (Å²) in [6.07, 6.45) is -2.84. The molecular weight excluding hydrogens is 229 g/mol.